The van der Waals surface area contributed by atoms with Gasteiger partial charge in [-0.1, -0.05) is 15.9 Å². The zero-order valence-electron chi connectivity index (χ0n) is 12.9. The Bertz CT molecular complexity index is 719. The van der Waals surface area contributed by atoms with Crippen molar-refractivity contribution in [2.24, 2.45) is 0 Å². The lowest BCUT2D eigenvalue weighted by Crippen LogP contribution is -2.10. The maximum absolute atomic E-state index is 5.94. The fourth-order valence-corrected chi connectivity index (χ4v) is 3.72. The lowest BCUT2D eigenvalue weighted by atomic mass is 10.2. The van der Waals surface area contributed by atoms with Crippen molar-refractivity contribution >= 4 is 37.5 Å². The minimum absolute atomic E-state index is 0.108. The van der Waals surface area contributed by atoms with Crippen LogP contribution >= 0.6 is 31.9 Å². The van der Waals surface area contributed by atoms with Crippen molar-refractivity contribution in [2.45, 2.75) is 26.5 Å². The summed E-state index contributed by atoms with van der Waals surface area (Å²) in [7, 11) is 0. The molecule has 0 saturated heterocycles. The molecule has 2 aromatic carbocycles. The minimum atomic E-state index is 0.108. The summed E-state index contributed by atoms with van der Waals surface area (Å²) >= 11 is 7.10. The van der Waals surface area contributed by atoms with Crippen LogP contribution in [0.5, 0.6) is 17.2 Å². The van der Waals surface area contributed by atoms with Crippen LogP contribution in [-0.4, -0.2) is 12.9 Å². The number of nitrogens with one attached hydrogen (secondary N) is 1. The van der Waals surface area contributed by atoms with E-state index in [0.29, 0.717) is 6.54 Å². The Morgan fingerprint density at radius 3 is 2.70 bits per heavy atom. The van der Waals surface area contributed by atoms with Gasteiger partial charge in [0.25, 0.3) is 0 Å². The summed E-state index contributed by atoms with van der Waals surface area (Å²) in [6.45, 7) is 4.95. The van der Waals surface area contributed by atoms with Crippen LogP contribution in [0.15, 0.2) is 39.3 Å². The highest BCUT2D eigenvalue weighted by Gasteiger charge is 2.15. The van der Waals surface area contributed by atoms with Crippen LogP contribution < -0.4 is 19.5 Å². The van der Waals surface area contributed by atoms with Gasteiger partial charge in [-0.05, 0) is 54.0 Å². The Kier molecular flexibility index (Phi) is 5.02. The first-order valence-electron chi connectivity index (χ1n) is 7.31. The summed E-state index contributed by atoms with van der Waals surface area (Å²) in [5.41, 5.74) is 2.04. The van der Waals surface area contributed by atoms with Crippen molar-refractivity contribution in [2.75, 3.05) is 12.1 Å². The number of hydrogen-bond donors (Lipinski definition) is 1. The van der Waals surface area contributed by atoms with Gasteiger partial charge in [-0.2, -0.15) is 0 Å². The first-order valence-corrected chi connectivity index (χ1v) is 8.89. The van der Waals surface area contributed by atoms with Crippen LogP contribution in [0.1, 0.15) is 19.4 Å². The summed E-state index contributed by atoms with van der Waals surface area (Å²) in [5.74, 6) is 2.41. The number of benzene rings is 2. The Balaban J connectivity index is 1.79. The molecule has 0 aliphatic carbocycles. The predicted octanol–water partition coefficient (Wildman–Crippen LogP) is 5.34. The Labute approximate surface area is 152 Å². The summed E-state index contributed by atoms with van der Waals surface area (Å²) < 4.78 is 18.6. The predicted molar refractivity (Wildman–Crippen MR) is 97.5 cm³/mol. The van der Waals surface area contributed by atoms with Gasteiger partial charge in [0.1, 0.15) is 5.75 Å². The molecule has 1 aliphatic heterocycles. The second kappa shape index (κ2) is 7.01. The quantitative estimate of drug-likeness (QED) is 0.678. The van der Waals surface area contributed by atoms with Crippen LogP contribution in [-0.2, 0) is 6.54 Å². The van der Waals surface area contributed by atoms with Crippen molar-refractivity contribution in [1.82, 2.24) is 0 Å². The molecule has 122 valence electrons. The van der Waals surface area contributed by atoms with E-state index in [1.807, 2.05) is 38.1 Å². The molecule has 1 aliphatic rings. The fraction of sp³-hybridized carbons (Fsp3) is 0.294. The van der Waals surface area contributed by atoms with Crippen molar-refractivity contribution in [3.63, 3.8) is 0 Å². The van der Waals surface area contributed by atoms with Crippen LogP contribution in [0.2, 0.25) is 0 Å². The van der Waals surface area contributed by atoms with Gasteiger partial charge in [0.05, 0.1) is 10.6 Å². The Hall–Kier alpha value is -1.40. The lowest BCUT2D eigenvalue weighted by molar-refractivity contribution is 0.174. The molecule has 3 rings (SSSR count). The van der Waals surface area contributed by atoms with E-state index < -0.39 is 0 Å². The minimum Gasteiger partial charge on any atom is -0.489 e. The molecule has 0 fully saturated rings. The lowest BCUT2D eigenvalue weighted by Gasteiger charge is -2.17. The number of hydrogen-bond acceptors (Lipinski definition) is 4. The van der Waals surface area contributed by atoms with E-state index in [2.05, 4.69) is 43.2 Å². The zero-order valence-corrected chi connectivity index (χ0v) is 16.0. The van der Waals surface area contributed by atoms with Gasteiger partial charge >= 0.3 is 0 Å². The smallest absolute Gasteiger partial charge is 0.231 e. The number of rotatable bonds is 5. The van der Waals surface area contributed by atoms with E-state index in [-0.39, 0.29) is 12.9 Å². The average Bonchev–Trinajstić information content (AvgIpc) is 2.95. The number of fused-ring (bicyclic) bond motifs is 1. The van der Waals surface area contributed by atoms with E-state index in [4.69, 9.17) is 14.2 Å². The molecule has 0 radical (unpaired) electrons. The topological polar surface area (TPSA) is 39.7 Å². The number of anilines is 1. The summed E-state index contributed by atoms with van der Waals surface area (Å²) in [6.07, 6.45) is 0.108. The van der Waals surface area contributed by atoms with Crippen molar-refractivity contribution in [3.05, 3.63) is 44.8 Å². The molecule has 0 amide bonds. The first kappa shape index (κ1) is 16.5. The highest BCUT2D eigenvalue weighted by Crippen LogP contribution is 2.36. The van der Waals surface area contributed by atoms with Gasteiger partial charge in [0.15, 0.2) is 11.5 Å². The van der Waals surface area contributed by atoms with Gasteiger partial charge in [-0.25, -0.2) is 0 Å². The molecule has 0 bridgehead atoms. The molecule has 4 nitrogen and oxygen atoms in total. The summed E-state index contributed by atoms with van der Waals surface area (Å²) in [6, 6.07) is 9.87. The van der Waals surface area contributed by atoms with Crippen LogP contribution in [0, 0.1) is 0 Å². The normalized spacial score (nSPS) is 12.6. The van der Waals surface area contributed by atoms with Crippen molar-refractivity contribution in [3.8, 4) is 17.2 Å². The van der Waals surface area contributed by atoms with Crippen molar-refractivity contribution < 1.29 is 14.2 Å². The van der Waals surface area contributed by atoms with E-state index in [1.165, 1.54) is 0 Å². The van der Waals surface area contributed by atoms with Gasteiger partial charge in [-0.3, -0.25) is 0 Å². The van der Waals surface area contributed by atoms with Gasteiger partial charge in [0, 0.05) is 28.3 Å². The molecule has 23 heavy (non-hydrogen) atoms. The van der Waals surface area contributed by atoms with E-state index >= 15 is 0 Å². The van der Waals surface area contributed by atoms with E-state index in [0.717, 1.165) is 37.4 Å². The van der Waals surface area contributed by atoms with E-state index in [1.54, 1.807) is 0 Å². The third-order valence-corrected chi connectivity index (χ3v) is 4.34. The maximum atomic E-state index is 5.94. The Morgan fingerprint density at radius 1 is 1.13 bits per heavy atom. The molecule has 0 atom stereocenters. The molecule has 1 heterocycles. The molecular weight excluding hydrogens is 426 g/mol. The van der Waals surface area contributed by atoms with Crippen LogP contribution in [0.25, 0.3) is 0 Å². The highest BCUT2D eigenvalue weighted by molar-refractivity contribution is 9.11. The summed E-state index contributed by atoms with van der Waals surface area (Å²) in [5, 5.41) is 3.40. The summed E-state index contributed by atoms with van der Waals surface area (Å²) in [4.78, 5) is 0. The fourth-order valence-electron chi connectivity index (χ4n) is 2.32. The first-order chi connectivity index (χ1) is 11.0. The molecule has 1 N–H and O–H groups in total. The SMILES string of the molecule is CC(C)Oc1c(Br)cc(Br)cc1CNc1ccc2c(c1)OCO2. The van der Waals surface area contributed by atoms with Crippen LogP contribution in [0.4, 0.5) is 5.69 Å². The molecule has 2 aromatic rings. The standard InChI is InChI=1S/C17H17Br2NO3/c1-10(2)23-17-11(5-12(18)6-14(17)19)8-20-13-3-4-15-16(7-13)22-9-21-15/h3-7,10,20H,8-9H2,1-2H3. The van der Waals surface area contributed by atoms with Gasteiger partial charge < -0.3 is 19.5 Å². The highest BCUT2D eigenvalue weighted by atomic mass is 79.9. The second-order valence-corrected chi connectivity index (χ2v) is 7.23. The molecule has 0 unspecified atom stereocenters. The van der Waals surface area contributed by atoms with Gasteiger partial charge in [-0.15, -0.1) is 0 Å². The Morgan fingerprint density at radius 2 is 1.91 bits per heavy atom. The third kappa shape index (κ3) is 3.93. The largest absolute Gasteiger partial charge is 0.489 e. The van der Waals surface area contributed by atoms with Crippen LogP contribution in [0.3, 0.4) is 0 Å². The second-order valence-electron chi connectivity index (χ2n) is 5.46. The molecule has 6 heteroatoms. The average molecular weight is 443 g/mol. The number of halogens is 2. The molecular formula is C17H17Br2NO3. The molecule has 0 saturated carbocycles. The third-order valence-electron chi connectivity index (χ3n) is 3.29. The maximum Gasteiger partial charge on any atom is 0.231 e. The zero-order chi connectivity index (χ0) is 16.4. The van der Waals surface area contributed by atoms with Gasteiger partial charge in [0.2, 0.25) is 6.79 Å². The number of ether oxygens (including phenoxy) is 3. The van der Waals surface area contributed by atoms with Crippen molar-refractivity contribution in [1.29, 1.82) is 0 Å². The molecule has 0 aromatic heterocycles. The monoisotopic (exact) mass is 441 g/mol. The molecule has 0 spiro atoms. The van der Waals surface area contributed by atoms with E-state index in [9.17, 15) is 0 Å².